The van der Waals surface area contributed by atoms with Gasteiger partial charge in [0.25, 0.3) is 0 Å². The zero-order chi connectivity index (χ0) is 12.4. The summed E-state index contributed by atoms with van der Waals surface area (Å²) >= 11 is 0. The van der Waals surface area contributed by atoms with Crippen LogP contribution in [0.4, 0.5) is 0 Å². The van der Waals surface area contributed by atoms with Crippen LogP contribution in [-0.2, 0) is 9.59 Å². The van der Waals surface area contributed by atoms with E-state index in [1.807, 2.05) is 0 Å². The van der Waals surface area contributed by atoms with Crippen molar-refractivity contribution in [2.75, 3.05) is 6.54 Å². The molecular formula is C9H13NO5. The summed E-state index contributed by atoms with van der Waals surface area (Å²) in [5.41, 5.74) is 0.199. The van der Waals surface area contributed by atoms with Gasteiger partial charge in [0, 0.05) is 17.6 Å². The largest absolute Gasteiger partial charge is 0.478 e. The second-order valence-electron chi connectivity index (χ2n) is 2.60. The number of rotatable bonds is 5. The molecule has 0 saturated carbocycles. The highest BCUT2D eigenvalue weighted by Gasteiger charge is 2.01. The molecule has 0 aliphatic heterocycles. The lowest BCUT2D eigenvalue weighted by Crippen LogP contribution is -1.99. The Morgan fingerprint density at radius 1 is 1.20 bits per heavy atom. The summed E-state index contributed by atoms with van der Waals surface area (Å²) < 4.78 is 0. The normalized spacial score (nSPS) is 8.07. The van der Waals surface area contributed by atoms with E-state index in [4.69, 9.17) is 10.2 Å². The van der Waals surface area contributed by atoms with E-state index < -0.39 is 11.9 Å². The maximum absolute atomic E-state index is 9.96. The summed E-state index contributed by atoms with van der Waals surface area (Å²) in [5.74, 6) is -2.01. The Morgan fingerprint density at radius 3 is 1.80 bits per heavy atom. The highest BCUT2D eigenvalue weighted by Crippen LogP contribution is 1.96. The van der Waals surface area contributed by atoms with Crippen molar-refractivity contribution in [1.29, 1.82) is 0 Å². The van der Waals surface area contributed by atoms with Gasteiger partial charge in [0.15, 0.2) is 0 Å². The third-order valence-electron chi connectivity index (χ3n) is 1.17. The van der Waals surface area contributed by atoms with E-state index in [-0.39, 0.29) is 24.1 Å². The van der Waals surface area contributed by atoms with Gasteiger partial charge in [-0.25, -0.2) is 9.59 Å². The molecule has 0 aromatic heterocycles. The molecule has 0 heterocycles. The Bertz CT molecular complexity index is 270. The molecule has 15 heavy (non-hydrogen) atoms. The molecule has 0 aromatic carbocycles. The van der Waals surface area contributed by atoms with Crippen molar-refractivity contribution >= 4 is 11.9 Å². The fraction of sp³-hybridized carbons (Fsp3) is 0.333. The number of aliphatic carboxylic acids is 2. The molecule has 0 bridgehead atoms. The summed E-state index contributed by atoms with van der Waals surface area (Å²) in [5, 5.41) is 18.5. The van der Waals surface area contributed by atoms with Crippen molar-refractivity contribution in [2.24, 2.45) is 5.18 Å². The van der Waals surface area contributed by atoms with E-state index in [2.05, 4.69) is 18.3 Å². The molecule has 0 atom stereocenters. The topological polar surface area (TPSA) is 104 Å². The van der Waals surface area contributed by atoms with Crippen LogP contribution in [0, 0.1) is 4.91 Å². The van der Waals surface area contributed by atoms with Gasteiger partial charge in [0.1, 0.15) is 0 Å². The Labute approximate surface area is 86.9 Å². The molecule has 6 nitrogen and oxygen atoms in total. The van der Waals surface area contributed by atoms with Gasteiger partial charge in [-0.15, -0.1) is 0 Å². The Hall–Kier alpha value is -1.98. The van der Waals surface area contributed by atoms with Gasteiger partial charge in [-0.3, -0.25) is 0 Å². The molecule has 0 aliphatic carbocycles. The van der Waals surface area contributed by atoms with Gasteiger partial charge in [-0.05, 0) is 6.92 Å². The predicted octanol–water partition coefficient (Wildman–Crippen LogP) is 1.43. The lowest BCUT2D eigenvalue weighted by molar-refractivity contribution is -0.133. The first-order valence-corrected chi connectivity index (χ1v) is 3.91. The minimum Gasteiger partial charge on any atom is -0.478 e. The average Bonchev–Trinajstić information content (AvgIpc) is 2.14. The monoisotopic (exact) mass is 215 g/mol. The first-order chi connectivity index (χ1) is 6.82. The lowest BCUT2D eigenvalue weighted by atomic mass is 10.2. The van der Waals surface area contributed by atoms with Crippen molar-refractivity contribution < 1.29 is 19.8 Å². The van der Waals surface area contributed by atoms with E-state index >= 15 is 0 Å². The molecule has 0 aromatic rings. The first-order valence-electron chi connectivity index (χ1n) is 3.91. The highest BCUT2D eigenvalue weighted by atomic mass is 16.4. The van der Waals surface area contributed by atoms with Crippen LogP contribution in [0.5, 0.6) is 0 Å². The third kappa shape index (κ3) is 12.0. The number of hydrogen-bond donors (Lipinski definition) is 2. The van der Waals surface area contributed by atoms with E-state index in [0.717, 1.165) is 0 Å². The molecule has 0 rings (SSSR count). The van der Waals surface area contributed by atoms with E-state index in [1.165, 1.54) is 6.92 Å². The van der Waals surface area contributed by atoms with Gasteiger partial charge in [-0.1, -0.05) is 18.3 Å². The summed E-state index contributed by atoms with van der Waals surface area (Å²) in [6.07, 6.45) is 0.138. The van der Waals surface area contributed by atoms with Crippen LogP contribution in [0.15, 0.2) is 29.5 Å². The average molecular weight is 215 g/mol. The fourth-order valence-electron chi connectivity index (χ4n) is 0.288. The number of carbonyl (C=O) groups is 2. The number of hydrogen-bond acceptors (Lipinski definition) is 4. The van der Waals surface area contributed by atoms with Crippen molar-refractivity contribution in [2.45, 2.75) is 13.3 Å². The maximum Gasteiger partial charge on any atom is 0.331 e. The standard InChI is InChI=1S/C5H7NO3.C4H6O2/c1-4(5(7)8)2-3-6-9;1-3(2)4(5)6/h1-3H2,(H,7,8);1H2,2H3,(H,5,6). The van der Waals surface area contributed by atoms with E-state index in [1.54, 1.807) is 0 Å². The van der Waals surface area contributed by atoms with E-state index in [9.17, 15) is 14.5 Å². The molecule has 0 radical (unpaired) electrons. The van der Waals surface area contributed by atoms with Crippen molar-refractivity contribution in [1.82, 2.24) is 0 Å². The maximum atomic E-state index is 9.96. The lowest BCUT2D eigenvalue weighted by Gasteiger charge is -1.91. The number of nitroso groups, excluding NO2 is 1. The number of nitrogens with zero attached hydrogens (tertiary/aromatic N) is 1. The van der Waals surface area contributed by atoms with E-state index in [0.29, 0.717) is 0 Å². The van der Waals surface area contributed by atoms with Gasteiger partial charge in [0.05, 0.1) is 6.54 Å². The van der Waals surface area contributed by atoms with Gasteiger partial charge < -0.3 is 10.2 Å². The Kier molecular flexibility index (Phi) is 8.89. The second-order valence-corrected chi connectivity index (χ2v) is 2.60. The molecule has 84 valence electrons. The molecule has 0 amide bonds. The molecule has 0 saturated heterocycles. The van der Waals surface area contributed by atoms with Gasteiger partial charge in [0.2, 0.25) is 0 Å². The summed E-state index contributed by atoms with van der Waals surface area (Å²) in [6.45, 7) is 7.79. The number of carboxylic acids is 2. The Balaban J connectivity index is 0. The predicted molar refractivity (Wildman–Crippen MR) is 54.5 cm³/mol. The summed E-state index contributed by atoms with van der Waals surface area (Å²) in [4.78, 5) is 29.0. The molecule has 0 spiro atoms. The van der Waals surface area contributed by atoms with Gasteiger partial charge in [-0.2, -0.15) is 4.91 Å². The Morgan fingerprint density at radius 2 is 1.60 bits per heavy atom. The van der Waals surface area contributed by atoms with Crippen LogP contribution in [-0.4, -0.2) is 28.7 Å². The number of carboxylic acid groups (broad SMARTS) is 2. The van der Waals surface area contributed by atoms with Crippen LogP contribution in [0.1, 0.15) is 13.3 Å². The summed E-state index contributed by atoms with van der Waals surface area (Å²) in [6, 6.07) is 0. The smallest absolute Gasteiger partial charge is 0.331 e. The molecule has 2 N–H and O–H groups in total. The van der Waals surface area contributed by atoms with Crippen molar-refractivity contribution in [3.8, 4) is 0 Å². The zero-order valence-corrected chi connectivity index (χ0v) is 8.39. The van der Waals surface area contributed by atoms with Crippen LogP contribution in [0.25, 0.3) is 0 Å². The molecule has 0 fully saturated rings. The van der Waals surface area contributed by atoms with Gasteiger partial charge >= 0.3 is 11.9 Å². The second kappa shape index (κ2) is 8.61. The molecule has 0 aliphatic rings. The third-order valence-corrected chi connectivity index (χ3v) is 1.17. The minimum absolute atomic E-state index is 0.00880. The van der Waals surface area contributed by atoms with Crippen molar-refractivity contribution in [3.05, 3.63) is 29.2 Å². The minimum atomic E-state index is -1.07. The summed E-state index contributed by atoms with van der Waals surface area (Å²) in [7, 11) is 0. The van der Waals surface area contributed by atoms with Crippen LogP contribution >= 0.6 is 0 Å². The molecule has 0 unspecified atom stereocenters. The fourth-order valence-corrected chi connectivity index (χ4v) is 0.288. The quantitative estimate of drug-likeness (QED) is 0.533. The molecular weight excluding hydrogens is 202 g/mol. The van der Waals surface area contributed by atoms with Crippen LogP contribution in [0.3, 0.4) is 0 Å². The SMILES string of the molecule is C=C(C)C(=O)O.C=C(CCN=O)C(=O)O. The van der Waals surface area contributed by atoms with Crippen LogP contribution in [0.2, 0.25) is 0 Å². The van der Waals surface area contributed by atoms with Crippen LogP contribution < -0.4 is 0 Å². The molecule has 6 heteroatoms. The van der Waals surface area contributed by atoms with Crippen molar-refractivity contribution in [3.63, 3.8) is 0 Å². The zero-order valence-electron chi connectivity index (χ0n) is 8.39. The first kappa shape index (κ1) is 15.5. The highest BCUT2D eigenvalue weighted by molar-refractivity contribution is 5.85.